The van der Waals surface area contributed by atoms with Gasteiger partial charge in [-0.3, -0.25) is 19.7 Å². The van der Waals surface area contributed by atoms with Crippen molar-refractivity contribution in [3.63, 3.8) is 0 Å². The smallest absolute Gasteiger partial charge is 0.337 e. The third-order valence-electron chi connectivity index (χ3n) is 6.95. The van der Waals surface area contributed by atoms with E-state index in [1.807, 2.05) is 0 Å². The molecule has 9 nitrogen and oxygen atoms in total. The zero-order valence-electron chi connectivity index (χ0n) is 19.5. The summed E-state index contributed by atoms with van der Waals surface area (Å²) in [6, 6.07) is 5.91. The van der Waals surface area contributed by atoms with Gasteiger partial charge in [0.25, 0.3) is 5.69 Å². The number of nitro groups is 1. The van der Waals surface area contributed by atoms with Gasteiger partial charge in [0.05, 0.1) is 17.6 Å². The molecule has 3 atom stereocenters. The predicted octanol–water partition coefficient (Wildman–Crippen LogP) is 3.69. The number of allylic oxidation sites excluding steroid dienone is 3. The van der Waals surface area contributed by atoms with E-state index in [0.717, 1.165) is 25.7 Å². The Kier molecular flexibility index (Phi) is 6.54. The summed E-state index contributed by atoms with van der Waals surface area (Å²) in [5.41, 5.74) is 1.92. The number of methoxy groups -OCH3 is 1. The van der Waals surface area contributed by atoms with Crippen LogP contribution < -0.4 is 5.32 Å². The molecule has 4 rings (SSSR count). The molecule has 34 heavy (non-hydrogen) atoms. The van der Waals surface area contributed by atoms with Gasteiger partial charge >= 0.3 is 11.9 Å². The molecule has 1 aliphatic heterocycles. The van der Waals surface area contributed by atoms with Crippen LogP contribution >= 0.6 is 0 Å². The molecular weight excluding hydrogens is 440 g/mol. The van der Waals surface area contributed by atoms with Gasteiger partial charge in [-0.15, -0.1) is 0 Å². The lowest BCUT2D eigenvalue weighted by Gasteiger charge is -2.38. The molecule has 0 saturated heterocycles. The number of Topliss-reactive ketones (excluding diaryl/α,β-unsaturated/α-hetero) is 1. The summed E-state index contributed by atoms with van der Waals surface area (Å²) in [4.78, 5) is 50.5. The van der Waals surface area contributed by atoms with Crippen LogP contribution in [-0.4, -0.2) is 35.9 Å². The number of ether oxygens (including phenoxy) is 2. The molecule has 3 aliphatic rings. The quantitative estimate of drug-likeness (QED) is 0.300. The summed E-state index contributed by atoms with van der Waals surface area (Å²) in [6.45, 7) is 3.54. The number of hydrogen-bond donors (Lipinski definition) is 1. The lowest BCUT2D eigenvalue weighted by atomic mass is 9.69. The third kappa shape index (κ3) is 4.22. The fourth-order valence-electron chi connectivity index (χ4n) is 5.32. The predicted molar refractivity (Wildman–Crippen MR) is 121 cm³/mol. The Hall–Kier alpha value is -3.49. The second-order valence-corrected chi connectivity index (χ2v) is 9.20. The molecule has 180 valence electrons. The summed E-state index contributed by atoms with van der Waals surface area (Å²) >= 11 is 0. The number of nitro benzene ring substituents is 1. The highest BCUT2D eigenvalue weighted by Crippen LogP contribution is 2.46. The minimum atomic E-state index is -1.02. The number of non-ortho nitro benzene ring substituents is 1. The molecule has 0 aromatic heterocycles. The first-order valence-corrected chi connectivity index (χ1v) is 11.5. The van der Waals surface area contributed by atoms with Gasteiger partial charge in [-0.05, 0) is 50.5 Å². The van der Waals surface area contributed by atoms with Crippen molar-refractivity contribution < 1.29 is 28.8 Å². The Balaban J connectivity index is 1.84. The van der Waals surface area contributed by atoms with Crippen LogP contribution in [0.5, 0.6) is 0 Å². The zero-order chi connectivity index (χ0) is 24.6. The summed E-state index contributed by atoms with van der Waals surface area (Å²) in [6.07, 6.45) is 3.72. The van der Waals surface area contributed by atoms with Gasteiger partial charge in [0.15, 0.2) is 5.78 Å². The number of carbonyl (C=O) groups is 3. The van der Waals surface area contributed by atoms with Crippen LogP contribution in [0.1, 0.15) is 57.4 Å². The molecule has 9 heteroatoms. The number of hydrogen-bond acceptors (Lipinski definition) is 8. The third-order valence-corrected chi connectivity index (χ3v) is 6.95. The molecule has 0 amide bonds. The molecule has 1 fully saturated rings. The average Bonchev–Trinajstić information content (AvgIpc) is 3.30. The molecule has 0 radical (unpaired) electrons. The van der Waals surface area contributed by atoms with E-state index >= 15 is 0 Å². The summed E-state index contributed by atoms with van der Waals surface area (Å²) in [7, 11) is 1.23. The molecule has 3 unspecified atom stereocenters. The van der Waals surface area contributed by atoms with Crippen LogP contribution in [0.25, 0.3) is 0 Å². The fourth-order valence-corrected chi connectivity index (χ4v) is 5.32. The summed E-state index contributed by atoms with van der Waals surface area (Å²) in [5.74, 6) is -3.85. The minimum Gasteiger partial charge on any atom is -0.468 e. The van der Waals surface area contributed by atoms with Crippen molar-refractivity contribution in [2.75, 3.05) is 7.11 Å². The molecule has 2 aliphatic carbocycles. The van der Waals surface area contributed by atoms with E-state index in [-0.39, 0.29) is 28.9 Å². The van der Waals surface area contributed by atoms with E-state index in [9.17, 15) is 24.5 Å². The molecule has 0 bridgehead atoms. The fraction of sp³-hybridized carbons (Fsp3) is 0.480. The number of nitrogens with zero attached hydrogens (tertiary/aromatic N) is 1. The number of nitrogens with one attached hydrogen (secondary N) is 1. The first kappa shape index (κ1) is 23.7. The zero-order valence-corrected chi connectivity index (χ0v) is 19.5. The van der Waals surface area contributed by atoms with E-state index in [1.165, 1.54) is 25.3 Å². The van der Waals surface area contributed by atoms with Gasteiger partial charge in [0.2, 0.25) is 0 Å². The maximum Gasteiger partial charge on any atom is 0.337 e. The SMILES string of the molecule is COC(=O)C1C(=O)C2=C(CC1C)NC(C)=C(C(=O)OC1CCCC1)C2c1cccc([N+](=O)[O-])c1. The summed E-state index contributed by atoms with van der Waals surface area (Å²) in [5, 5.41) is 14.7. The maximum atomic E-state index is 13.7. The second kappa shape index (κ2) is 9.40. The molecule has 1 aromatic rings. The Morgan fingerprint density at radius 3 is 2.56 bits per heavy atom. The Morgan fingerprint density at radius 2 is 1.91 bits per heavy atom. The van der Waals surface area contributed by atoms with Crippen LogP contribution in [0.15, 0.2) is 46.8 Å². The molecule has 1 saturated carbocycles. The van der Waals surface area contributed by atoms with Gasteiger partial charge in [0.1, 0.15) is 12.0 Å². The first-order chi connectivity index (χ1) is 16.2. The van der Waals surface area contributed by atoms with E-state index in [1.54, 1.807) is 19.9 Å². The highest BCUT2D eigenvalue weighted by molar-refractivity contribution is 6.12. The second-order valence-electron chi connectivity index (χ2n) is 9.20. The van der Waals surface area contributed by atoms with Gasteiger partial charge in [0, 0.05) is 35.0 Å². The van der Waals surface area contributed by atoms with Crippen molar-refractivity contribution in [1.29, 1.82) is 0 Å². The Morgan fingerprint density at radius 1 is 1.21 bits per heavy atom. The summed E-state index contributed by atoms with van der Waals surface area (Å²) < 4.78 is 10.7. The van der Waals surface area contributed by atoms with Gasteiger partial charge in [-0.25, -0.2) is 4.79 Å². The van der Waals surface area contributed by atoms with Crippen molar-refractivity contribution in [3.8, 4) is 0 Å². The minimum absolute atomic E-state index is 0.152. The molecule has 1 heterocycles. The monoisotopic (exact) mass is 468 g/mol. The number of ketones is 1. The van der Waals surface area contributed by atoms with Crippen molar-refractivity contribution in [1.82, 2.24) is 5.32 Å². The van der Waals surface area contributed by atoms with Gasteiger partial charge < -0.3 is 14.8 Å². The Bertz CT molecular complexity index is 1110. The van der Waals surface area contributed by atoms with Gasteiger partial charge in [-0.1, -0.05) is 19.1 Å². The lowest BCUT2D eigenvalue weighted by Crippen LogP contribution is -2.43. The van der Waals surface area contributed by atoms with Gasteiger partial charge in [-0.2, -0.15) is 0 Å². The highest BCUT2D eigenvalue weighted by Gasteiger charge is 2.47. The largest absolute Gasteiger partial charge is 0.468 e. The number of carbonyl (C=O) groups excluding carboxylic acids is 3. The lowest BCUT2D eigenvalue weighted by molar-refractivity contribution is -0.384. The van der Waals surface area contributed by atoms with Crippen molar-refractivity contribution in [3.05, 3.63) is 62.5 Å². The van der Waals surface area contributed by atoms with Crippen molar-refractivity contribution in [2.45, 2.75) is 58.0 Å². The molecular formula is C25H28N2O7. The number of benzene rings is 1. The number of rotatable bonds is 5. The van der Waals surface area contributed by atoms with E-state index in [4.69, 9.17) is 9.47 Å². The highest BCUT2D eigenvalue weighted by atomic mass is 16.6. The molecule has 1 aromatic carbocycles. The molecule has 0 spiro atoms. The normalized spacial score (nSPS) is 25.0. The van der Waals surface area contributed by atoms with E-state index in [0.29, 0.717) is 23.4 Å². The van der Waals surface area contributed by atoms with Crippen LogP contribution in [-0.2, 0) is 23.9 Å². The first-order valence-electron chi connectivity index (χ1n) is 11.5. The van der Waals surface area contributed by atoms with Crippen molar-refractivity contribution in [2.24, 2.45) is 11.8 Å². The van der Waals surface area contributed by atoms with E-state index in [2.05, 4.69) is 5.32 Å². The Labute approximate surface area is 197 Å². The maximum absolute atomic E-state index is 13.7. The van der Waals surface area contributed by atoms with Crippen LogP contribution in [0.3, 0.4) is 0 Å². The standard InChI is InChI=1S/C25H28N2O7/c1-13-11-18-22(23(28)19(13)24(29)33-3)21(15-7-6-8-16(12-15)27(31)32)20(14(2)26-18)25(30)34-17-9-4-5-10-17/h6-8,12-13,17,19,21,26H,4-5,9-11H2,1-3H3. The topological polar surface area (TPSA) is 125 Å². The van der Waals surface area contributed by atoms with E-state index < -0.39 is 34.5 Å². The average molecular weight is 469 g/mol. The van der Waals surface area contributed by atoms with Crippen LogP contribution in [0.2, 0.25) is 0 Å². The molecule has 1 N–H and O–H groups in total. The van der Waals surface area contributed by atoms with Crippen LogP contribution in [0, 0.1) is 22.0 Å². The number of dihydropyridines is 1. The number of esters is 2. The van der Waals surface area contributed by atoms with Crippen LogP contribution in [0.4, 0.5) is 5.69 Å². The van der Waals surface area contributed by atoms with Crippen molar-refractivity contribution >= 4 is 23.4 Å².